The predicted octanol–water partition coefficient (Wildman–Crippen LogP) is 1.46. The fraction of sp³-hybridized carbons (Fsp3) is 0.467. The van der Waals surface area contributed by atoms with E-state index in [9.17, 15) is 4.79 Å². The molecule has 5 heteroatoms. The number of ether oxygens (including phenoxy) is 1. The number of amides is 1. The van der Waals surface area contributed by atoms with Crippen molar-refractivity contribution in [3.63, 3.8) is 0 Å². The summed E-state index contributed by atoms with van der Waals surface area (Å²) < 4.78 is 5.35. The summed E-state index contributed by atoms with van der Waals surface area (Å²) in [5.74, 6) is 0.371. The fourth-order valence-electron chi connectivity index (χ4n) is 1.79. The highest BCUT2D eigenvalue weighted by Crippen LogP contribution is 2.16. The standard InChI is InChI=1S/C15H20N2O3/c1-11(2)13(7-8-18)17-15(19)10-20-14-6-4-3-5-12(14)9-16/h3-6,11,13,18H,7-8,10H2,1-2H3,(H,17,19). The van der Waals surface area contributed by atoms with E-state index in [2.05, 4.69) is 5.32 Å². The first kappa shape index (κ1) is 16.0. The van der Waals surface area contributed by atoms with E-state index in [1.807, 2.05) is 19.9 Å². The molecule has 0 heterocycles. The molecule has 2 N–H and O–H groups in total. The second kappa shape index (κ2) is 8.18. The zero-order valence-electron chi connectivity index (χ0n) is 11.8. The summed E-state index contributed by atoms with van der Waals surface area (Å²) in [4.78, 5) is 11.8. The maximum atomic E-state index is 11.8. The molecule has 0 spiro atoms. The van der Waals surface area contributed by atoms with E-state index in [1.165, 1.54) is 0 Å². The van der Waals surface area contributed by atoms with Gasteiger partial charge < -0.3 is 15.2 Å². The molecular weight excluding hydrogens is 256 g/mol. The number of para-hydroxylation sites is 1. The van der Waals surface area contributed by atoms with E-state index in [1.54, 1.807) is 24.3 Å². The smallest absolute Gasteiger partial charge is 0.258 e. The van der Waals surface area contributed by atoms with Crippen molar-refractivity contribution in [3.05, 3.63) is 29.8 Å². The molecule has 0 radical (unpaired) electrons. The van der Waals surface area contributed by atoms with Crippen molar-refractivity contribution in [1.29, 1.82) is 5.26 Å². The lowest BCUT2D eigenvalue weighted by molar-refractivity contribution is -0.124. The summed E-state index contributed by atoms with van der Waals surface area (Å²) >= 11 is 0. The van der Waals surface area contributed by atoms with Crippen molar-refractivity contribution in [2.75, 3.05) is 13.2 Å². The van der Waals surface area contributed by atoms with E-state index in [4.69, 9.17) is 15.1 Å². The number of hydrogen-bond donors (Lipinski definition) is 2. The van der Waals surface area contributed by atoms with Crippen LogP contribution >= 0.6 is 0 Å². The van der Waals surface area contributed by atoms with Gasteiger partial charge >= 0.3 is 0 Å². The van der Waals surface area contributed by atoms with E-state index in [0.29, 0.717) is 17.7 Å². The minimum Gasteiger partial charge on any atom is -0.482 e. The molecule has 1 atom stereocenters. The Hall–Kier alpha value is -2.06. The minimum absolute atomic E-state index is 0.0290. The van der Waals surface area contributed by atoms with Crippen LogP contribution in [0.3, 0.4) is 0 Å². The highest BCUT2D eigenvalue weighted by atomic mass is 16.5. The van der Waals surface area contributed by atoms with Crippen molar-refractivity contribution in [2.45, 2.75) is 26.3 Å². The Bertz CT molecular complexity index is 480. The van der Waals surface area contributed by atoms with Crippen LogP contribution in [0.25, 0.3) is 0 Å². The van der Waals surface area contributed by atoms with Crippen molar-refractivity contribution in [2.24, 2.45) is 5.92 Å². The molecule has 0 aliphatic carbocycles. The quantitative estimate of drug-likeness (QED) is 0.790. The number of aliphatic hydroxyl groups excluding tert-OH is 1. The van der Waals surface area contributed by atoms with Crippen LogP contribution < -0.4 is 10.1 Å². The predicted molar refractivity (Wildman–Crippen MR) is 75.1 cm³/mol. The Morgan fingerprint density at radius 3 is 2.75 bits per heavy atom. The van der Waals surface area contributed by atoms with Gasteiger partial charge in [-0.3, -0.25) is 4.79 Å². The summed E-state index contributed by atoms with van der Waals surface area (Å²) in [6, 6.07) is 8.70. The Kier molecular flexibility index (Phi) is 6.54. The molecule has 1 aromatic rings. The Morgan fingerprint density at radius 1 is 1.45 bits per heavy atom. The van der Waals surface area contributed by atoms with Crippen molar-refractivity contribution < 1.29 is 14.6 Å². The van der Waals surface area contributed by atoms with Gasteiger partial charge in [-0.1, -0.05) is 26.0 Å². The Balaban J connectivity index is 2.53. The fourth-order valence-corrected chi connectivity index (χ4v) is 1.79. The first-order valence-corrected chi connectivity index (χ1v) is 6.60. The molecule has 108 valence electrons. The summed E-state index contributed by atoms with van der Waals surface area (Å²) in [6.45, 7) is 3.84. The van der Waals surface area contributed by atoms with E-state index in [-0.39, 0.29) is 31.1 Å². The van der Waals surface area contributed by atoms with Crippen molar-refractivity contribution in [3.8, 4) is 11.8 Å². The number of nitriles is 1. The molecule has 0 aliphatic heterocycles. The molecule has 20 heavy (non-hydrogen) atoms. The average Bonchev–Trinajstić information content (AvgIpc) is 2.44. The van der Waals surface area contributed by atoms with Crippen LogP contribution in [0.15, 0.2) is 24.3 Å². The maximum absolute atomic E-state index is 11.8. The molecule has 5 nitrogen and oxygen atoms in total. The van der Waals surface area contributed by atoms with Crippen LogP contribution in [-0.2, 0) is 4.79 Å². The second-order valence-electron chi connectivity index (χ2n) is 4.83. The first-order valence-electron chi connectivity index (χ1n) is 6.60. The van der Waals surface area contributed by atoms with E-state index in [0.717, 1.165) is 0 Å². The monoisotopic (exact) mass is 276 g/mol. The van der Waals surface area contributed by atoms with Crippen molar-refractivity contribution >= 4 is 5.91 Å². The van der Waals surface area contributed by atoms with Crippen LogP contribution in [0, 0.1) is 17.2 Å². The summed E-state index contributed by atoms with van der Waals surface area (Å²) in [7, 11) is 0. The molecule has 1 unspecified atom stereocenters. The van der Waals surface area contributed by atoms with Gasteiger partial charge in [0.05, 0.1) is 5.56 Å². The molecule has 0 fully saturated rings. The molecule has 1 rings (SSSR count). The number of hydrogen-bond acceptors (Lipinski definition) is 4. The number of aliphatic hydroxyl groups is 1. The topological polar surface area (TPSA) is 82.3 Å². The first-order chi connectivity index (χ1) is 9.58. The second-order valence-corrected chi connectivity index (χ2v) is 4.83. The lowest BCUT2D eigenvalue weighted by atomic mass is 10.0. The number of carbonyl (C=O) groups excluding carboxylic acids is 1. The summed E-state index contributed by atoms with van der Waals surface area (Å²) in [5.41, 5.74) is 0.399. The van der Waals surface area contributed by atoms with Crippen LogP contribution in [0.4, 0.5) is 0 Å². The van der Waals surface area contributed by atoms with Gasteiger partial charge in [0, 0.05) is 12.6 Å². The number of rotatable bonds is 7. The third-order valence-corrected chi connectivity index (χ3v) is 2.96. The number of carbonyl (C=O) groups is 1. The van der Waals surface area contributed by atoms with Gasteiger partial charge in [0.15, 0.2) is 6.61 Å². The van der Waals surface area contributed by atoms with Gasteiger partial charge in [0.2, 0.25) is 0 Å². The summed E-state index contributed by atoms with van der Waals surface area (Å²) in [5, 5.41) is 20.7. The van der Waals surface area contributed by atoms with Crippen LogP contribution in [0.1, 0.15) is 25.8 Å². The Morgan fingerprint density at radius 2 is 2.15 bits per heavy atom. The van der Waals surface area contributed by atoms with Gasteiger partial charge in [-0.05, 0) is 24.5 Å². The Labute approximate surface area is 119 Å². The van der Waals surface area contributed by atoms with Gasteiger partial charge in [0.25, 0.3) is 5.91 Å². The van der Waals surface area contributed by atoms with Gasteiger partial charge in [0.1, 0.15) is 11.8 Å². The average molecular weight is 276 g/mol. The number of nitrogens with one attached hydrogen (secondary N) is 1. The molecule has 1 amide bonds. The zero-order valence-corrected chi connectivity index (χ0v) is 11.8. The normalized spacial score (nSPS) is 11.8. The van der Waals surface area contributed by atoms with Crippen LogP contribution in [-0.4, -0.2) is 30.3 Å². The lowest BCUT2D eigenvalue weighted by Gasteiger charge is -2.21. The van der Waals surface area contributed by atoms with Crippen LogP contribution in [0.5, 0.6) is 5.75 Å². The third kappa shape index (κ3) is 4.90. The molecule has 0 saturated carbocycles. The van der Waals surface area contributed by atoms with Gasteiger partial charge in [-0.15, -0.1) is 0 Å². The van der Waals surface area contributed by atoms with Gasteiger partial charge in [-0.25, -0.2) is 0 Å². The van der Waals surface area contributed by atoms with E-state index >= 15 is 0 Å². The van der Waals surface area contributed by atoms with Gasteiger partial charge in [-0.2, -0.15) is 5.26 Å². The molecule has 1 aromatic carbocycles. The minimum atomic E-state index is -0.259. The lowest BCUT2D eigenvalue weighted by Crippen LogP contribution is -2.41. The SMILES string of the molecule is CC(C)C(CCO)NC(=O)COc1ccccc1C#N. The molecule has 0 aromatic heterocycles. The highest BCUT2D eigenvalue weighted by Gasteiger charge is 2.16. The summed E-state index contributed by atoms with van der Waals surface area (Å²) in [6.07, 6.45) is 0.512. The largest absolute Gasteiger partial charge is 0.482 e. The molecule has 0 saturated heterocycles. The maximum Gasteiger partial charge on any atom is 0.258 e. The number of benzene rings is 1. The highest BCUT2D eigenvalue weighted by molar-refractivity contribution is 5.78. The van der Waals surface area contributed by atoms with Crippen LogP contribution in [0.2, 0.25) is 0 Å². The van der Waals surface area contributed by atoms with Crippen molar-refractivity contribution in [1.82, 2.24) is 5.32 Å². The third-order valence-electron chi connectivity index (χ3n) is 2.96. The number of nitrogens with zero attached hydrogens (tertiary/aromatic N) is 1. The molecule has 0 bridgehead atoms. The molecule has 0 aliphatic rings. The van der Waals surface area contributed by atoms with E-state index < -0.39 is 0 Å². The zero-order chi connectivity index (χ0) is 15.0. The molecular formula is C15H20N2O3.